The predicted octanol–water partition coefficient (Wildman–Crippen LogP) is 8.45. The van der Waals surface area contributed by atoms with E-state index in [1.165, 1.54) is 30.5 Å². The molecule has 0 radical (unpaired) electrons. The maximum Gasteiger partial charge on any atom is 0.0363 e. The van der Waals surface area contributed by atoms with Crippen LogP contribution in [-0.2, 0) is 0 Å². The molecule has 0 unspecified atom stereocenters. The van der Waals surface area contributed by atoms with E-state index in [1.807, 2.05) is 34.6 Å². The SMILES string of the molecule is CC.CC.CCC.CCCCN(C)c1ccc(C(C)C)cc1.CCS. The highest BCUT2D eigenvalue weighted by atomic mass is 32.1. The molecule has 0 amide bonds. The third kappa shape index (κ3) is 23.4. The minimum atomic E-state index is 0.625. The normalized spacial score (nSPS) is 8.36. The van der Waals surface area contributed by atoms with Crippen molar-refractivity contribution in [3.8, 4) is 0 Å². The zero-order chi connectivity index (χ0) is 20.7. The van der Waals surface area contributed by atoms with Gasteiger partial charge in [-0.3, -0.25) is 0 Å². The van der Waals surface area contributed by atoms with Gasteiger partial charge in [0.05, 0.1) is 0 Å². The van der Waals surface area contributed by atoms with E-state index in [1.54, 1.807) is 0 Å². The van der Waals surface area contributed by atoms with Crippen LogP contribution in [0, 0.1) is 0 Å². The summed E-state index contributed by atoms with van der Waals surface area (Å²) in [6.45, 7) is 22.1. The molecule has 0 spiro atoms. The lowest BCUT2D eigenvalue weighted by Crippen LogP contribution is -2.18. The Morgan fingerprint density at radius 3 is 1.52 bits per heavy atom. The van der Waals surface area contributed by atoms with E-state index in [0.29, 0.717) is 5.92 Å². The molecule has 25 heavy (non-hydrogen) atoms. The first kappa shape index (κ1) is 32.1. The van der Waals surface area contributed by atoms with Gasteiger partial charge >= 0.3 is 0 Å². The van der Waals surface area contributed by atoms with E-state index in [-0.39, 0.29) is 0 Å². The topological polar surface area (TPSA) is 3.24 Å². The van der Waals surface area contributed by atoms with Crippen LogP contribution in [0.1, 0.15) is 100.0 Å². The van der Waals surface area contributed by atoms with Gasteiger partial charge in [0.25, 0.3) is 0 Å². The summed E-state index contributed by atoms with van der Waals surface area (Å²) in [4.78, 5) is 2.33. The van der Waals surface area contributed by atoms with Crippen LogP contribution in [0.4, 0.5) is 5.69 Å². The number of hydrogen-bond acceptors (Lipinski definition) is 2. The minimum Gasteiger partial charge on any atom is -0.375 e. The molecule has 1 rings (SSSR count). The number of rotatable bonds is 5. The van der Waals surface area contributed by atoms with Crippen LogP contribution >= 0.6 is 12.6 Å². The molecule has 0 bridgehead atoms. The van der Waals surface area contributed by atoms with Gasteiger partial charge in [-0.2, -0.15) is 12.6 Å². The van der Waals surface area contributed by atoms with Crippen LogP contribution in [-0.4, -0.2) is 19.3 Å². The molecule has 0 aliphatic rings. The molecule has 0 aliphatic carbocycles. The third-order valence-corrected chi connectivity index (χ3v) is 2.85. The highest BCUT2D eigenvalue weighted by molar-refractivity contribution is 7.80. The van der Waals surface area contributed by atoms with Crippen LogP contribution in [0.25, 0.3) is 0 Å². The lowest BCUT2D eigenvalue weighted by molar-refractivity contribution is 0.766. The maximum atomic E-state index is 3.79. The predicted molar refractivity (Wildman–Crippen MR) is 127 cm³/mol. The van der Waals surface area contributed by atoms with Crippen molar-refractivity contribution < 1.29 is 0 Å². The molecule has 2 heteroatoms. The first-order chi connectivity index (χ1) is 12.0. The standard InChI is InChI=1S/C14H23N.C3H8.C2H6S.2C2H6/c1-5-6-11-15(4)14-9-7-13(8-10-14)12(2)3;1-3-2;1-2-3;2*1-2/h7-10,12H,5-6,11H2,1-4H3;3H2,1-2H3;3H,2H2,1H3;2*1-2H3. The Hall–Kier alpha value is -0.630. The Balaban J connectivity index is -0.000000186. The lowest BCUT2D eigenvalue weighted by atomic mass is 10.0. The van der Waals surface area contributed by atoms with Crippen LogP contribution in [0.3, 0.4) is 0 Å². The average Bonchev–Trinajstić information content (AvgIpc) is 2.64. The van der Waals surface area contributed by atoms with Gasteiger partial charge < -0.3 is 4.90 Å². The molecule has 0 fully saturated rings. The summed E-state index contributed by atoms with van der Waals surface area (Å²) in [5, 5.41) is 0. The maximum absolute atomic E-state index is 3.79. The number of hydrogen-bond donors (Lipinski definition) is 1. The summed E-state index contributed by atoms with van der Waals surface area (Å²) in [6.07, 6.45) is 3.77. The molecule has 1 aromatic carbocycles. The highest BCUT2D eigenvalue weighted by Crippen LogP contribution is 2.19. The second-order valence-corrected chi connectivity index (χ2v) is 6.18. The van der Waals surface area contributed by atoms with Gasteiger partial charge in [-0.15, -0.1) is 0 Å². The quantitative estimate of drug-likeness (QED) is 0.508. The third-order valence-electron chi connectivity index (χ3n) is 2.85. The molecule has 0 saturated heterocycles. The van der Waals surface area contributed by atoms with Gasteiger partial charge in [0.15, 0.2) is 0 Å². The van der Waals surface area contributed by atoms with E-state index in [9.17, 15) is 0 Å². The molecule has 0 N–H and O–H groups in total. The van der Waals surface area contributed by atoms with Crippen molar-refractivity contribution in [3.05, 3.63) is 29.8 Å². The van der Waals surface area contributed by atoms with Crippen molar-refractivity contribution in [1.82, 2.24) is 0 Å². The van der Waals surface area contributed by atoms with Gasteiger partial charge in [-0.1, -0.05) is 94.2 Å². The fraction of sp³-hybridized carbons (Fsp3) is 0.739. The van der Waals surface area contributed by atoms with Crippen molar-refractivity contribution in [3.63, 3.8) is 0 Å². The van der Waals surface area contributed by atoms with Gasteiger partial charge in [-0.25, -0.2) is 0 Å². The Morgan fingerprint density at radius 2 is 1.24 bits per heavy atom. The summed E-state index contributed by atoms with van der Waals surface area (Å²) < 4.78 is 0. The van der Waals surface area contributed by atoms with Crippen LogP contribution in [0.5, 0.6) is 0 Å². The highest BCUT2D eigenvalue weighted by Gasteiger charge is 2.01. The molecule has 1 nitrogen and oxygen atoms in total. The largest absolute Gasteiger partial charge is 0.375 e. The van der Waals surface area contributed by atoms with Gasteiger partial charge in [0, 0.05) is 19.3 Å². The summed E-state index contributed by atoms with van der Waals surface area (Å²) in [6, 6.07) is 8.93. The molecule has 0 heterocycles. The Bertz CT molecular complexity index is 304. The van der Waals surface area contributed by atoms with E-state index in [4.69, 9.17) is 0 Å². The van der Waals surface area contributed by atoms with Crippen LogP contribution in [0.15, 0.2) is 24.3 Å². The zero-order valence-corrected chi connectivity index (χ0v) is 20.2. The molecule has 0 aromatic heterocycles. The number of thiol groups is 1. The first-order valence-corrected chi connectivity index (χ1v) is 11.0. The van der Waals surface area contributed by atoms with Gasteiger partial charge in [-0.05, 0) is 35.8 Å². The van der Waals surface area contributed by atoms with Crippen molar-refractivity contribution >= 4 is 18.3 Å². The van der Waals surface area contributed by atoms with E-state index >= 15 is 0 Å². The zero-order valence-electron chi connectivity index (χ0n) is 19.3. The molecule has 0 atom stereocenters. The number of anilines is 1. The fourth-order valence-electron chi connectivity index (χ4n) is 1.64. The van der Waals surface area contributed by atoms with Gasteiger partial charge in [0.2, 0.25) is 0 Å². The van der Waals surface area contributed by atoms with Crippen LogP contribution < -0.4 is 4.90 Å². The molecule has 1 aromatic rings. The summed E-state index contributed by atoms with van der Waals surface area (Å²) in [5.74, 6) is 1.57. The van der Waals surface area contributed by atoms with Crippen molar-refractivity contribution in [2.45, 2.75) is 94.4 Å². The molecule has 0 aliphatic heterocycles. The Kier molecular flexibility index (Phi) is 36.2. The molecular formula is C23H49NS. The lowest BCUT2D eigenvalue weighted by Gasteiger charge is -2.19. The monoisotopic (exact) mass is 371 g/mol. The minimum absolute atomic E-state index is 0.625. The average molecular weight is 372 g/mol. The second-order valence-electron chi connectivity index (χ2n) is 5.54. The van der Waals surface area contributed by atoms with E-state index < -0.39 is 0 Å². The van der Waals surface area contributed by atoms with Crippen molar-refractivity contribution in [2.24, 2.45) is 0 Å². The van der Waals surface area contributed by atoms with Gasteiger partial charge in [0.1, 0.15) is 0 Å². The summed E-state index contributed by atoms with van der Waals surface area (Å²) >= 11 is 3.79. The van der Waals surface area contributed by atoms with E-state index in [2.05, 4.69) is 83.5 Å². The fourth-order valence-corrected chi connectivity index (χ4v) is 1.64. The number of nitrogens with zero attached hydrogens (tertiary/aromatic N) is 1. The van der Waals surface area contributed by atoms with Crippen LogP contribution in [0.2, 0.25) is 0 Å². The molecular weight excluding hydrogens is 322 g/mol. The molecule has 152 valence electrons. The summed E-state index contributed by atoms with van der Waals surface area (Å²) in [5.41, 5.74) is 2.75. The Labute approximate surface area is 167 Å². The Morgan fingerprint density at radius 1 is 0.880 bits per heavy atom. The molecule has 0 saturated carbocycles. The summed E-state index contributed by atoms with van der Waals surface area (Å²) in [7, 11) is 2.17. The van der Waals surface area contributed by atoms with Crippen molar-refractivity contribution in [2.75, 3.05) is 24.2 Å². The second kappa shape index (κ2) is 28.2. The first-order valence-electron chi connectivity index (χ1n) is 10.4. The number of unbranched alkanes of at least 4 members (excludes halogenated alkanes) is 1. The number of benzene rings is 1. The van der Waals surface area contributed by atoms with Crippen molar-refractivity contribution in [1.29, 1.82) is 0 Å². The van der Waals surface area contributed by atoms with E-state index in [0.717, 1.165) is 12.3 Å². The smallest absolute Gasteiger partial charge is 0.0363 e.